The van der Waals surface area contributed by atoms with Gasteiger partial charge >= 0.3 is 0 Å². The molecule has 2 N–H and O–H groups in total. The molecule has 1 unspecified atom stereocenters. The summed E-state index contributed by atoms with van der Waals surface area (Å²) in [6.45, 7) is 0.102. The van der Waals surface area contributed by atoms with Gasteiger partial charge in [-0.2, -0.15) is 0 Å². The summed E-state index contributed by atoms with van der Waals surface area (Å²) in [6, 6.07) is 10.7. The van der Waals surface area contributed by atoms with E-state index in [1.165, 1.54) is 12.8 Å². The van der Waals surface area contributed by atoms with Crippen LogP contribution in [0.2, 0.25) is 0 Å². The largest absolute Gasteiger partial charge is 0.760 e. The van der Waals surface area contributed by atoms with Gasteiger partial charge in [0.25, 0.3) is 0 Å². The van der Waals surface area contributed by atoms with Crippen molar-refractivity contribution in [2.45, 2.75) is 44.3 Å². The van der Waals surface area contributed by atoms with E-state index in [9.17, 15) is 8.76 Å². The Morgan fingerprint density at radius 1 is 1.15 bits per heavy atom. The minimum atomic E-state index is -2.34. The fourth-order valence-corrected chi connectivity index (χ4v) is 4.54. The van der Waals surface area contributed by atoms with Crippen LogP contribution < -0.4 is 14.8 Å². The Hall–Kier alpha value is -2.66. The van der Waals surface area contributed by atoms with Crippen molar-refractivity contribution < 1.29 is 13.5 Å². The molecule has 0 radical (unpaired) electrons. The lowest BCUT2D eigenvalue weighted by Crippen LogP contribution is -2.36. The van der Waals surface area contributed by atoms with Gasteiger partial charge in [-0.15, -0.1) is 0 Å². The number of pyridine rings is 1. The Kier molecular flexibility index (Phi) is 7.49. The normalized spacial score (nSPS) is 19.5. The van der Waals surface area contributed by atoms with Crippen molar-refractivity contribution in [1.29, 1.82) is 0 Å². The number of hydrogen-bond donors (Lipinski definition) is 2. The standard InChI is InChI=1S/C23H30N6O3S/c1-29(2)19-8-5-17(6-9-19)27-23-24-13-16-12-15(4-11-21(16)28-23)20-10-7-18(14-25-33(30)31)26-22(20)32-3/h4,7,10-13,17,19,25H,5-6,8-9,14H2,1-3H3,(H,30,31)(H,24,27,28)/p-1. The van der Waals surface area contributed by atoms with Gasteiger partial charge in [-0.05, 0) is 69.6 Å². The third-order valence-corrected chi connectivity index (χ3v) is 6.51. The predicted octanol–water partition coefficient (Wildman–Crippen LogP) is 2.87. The highest BCUT2D eigenvalue weighted by Gasteiger charge is 2.22. The van der Waals surface area contributed by atoms with E-state index in [2.05, 4.69) is 39.0 Å². The molecule has 1 aliphatic carbocycles. The molecule has 9 nitrogen and oxygen atoms in total. The molecule has 10 heteroatoms. The summed E-state index contributed by atoms with van der Waals surface area (Å²) in [5, 5.41) is 4.42. The summed E-state index contributed by atoms with van der Waals surface area (Å²) >= 11 is -2.34. The van der Waals surface area contributed by atoms with Gasteiger partial charge in [0.05, 0.1) is 18.3 Å². The number of hydrogen-bond acceptors (Lipinski definition) is 8. The molecule has 1 saturated carbocycles. The van der Waals surface area contributed by atoms with Crippen molar-refractivity contribution in [3.05, 3.63) is 42.2 Å². The van der Waals surface area contributed by atoms with Crippen molar-refractivity contribution in [1.82, 2.24) is 24.6 Å². The number of fused-ring (bicyclic) bond motifs is 1. The fourth-order valence-electron chi connectivity index (χ4n) is 4.27. The van der Waals surface area contributed by atoms with E-state index in [0.717, 1.165) is 34.9 Å². The third-order valence-electron chi connectivity index (χ3n) is 6.13. The quantitative estimate of drug-likeness (QED) is 0.484. The molecular weight excluding hydrogens is 440 g/mol. The van der Waals surface area contributed by atoms with E-state index < -0.39 is 11.3 Å². The van der Waals surface area contributed by atoms with Crippen LogP contribution in [0.1, 0.15) is 31.4 Å². The molecule has 1 fully saturated rings. The molecule has 1 aromatic carbocycles. The number of benzene rings is 1. The van der Waals surface area contributed by atoms with E-state index in [1.807, 2.05) is 30.5 Å². The van der Waals surface area contributed by atoms with Gasteiger partial charge in [0.1, 0.15) is 0 Å². The first kappa shape index (κ1) is 23.5. The topological polar surface area (TPSA) is 115 Å². The third kappa shape index (κ3) is 5.83. The van der Waals surface area contributed by atoms with Crippen LogP contribution in [0, 0.1) is 0 Å². The van der Waals surface area contributed by atoms with Gasteiger partial charge in [-0.3, -0.25) is 4.21 Å². The number of aromatic nitrogens is 3. The molecule has 176 valence electrons. The zero-order valence-electron chi connectivity index (χ0n) is 19.1. The Labute approximate surface area is 196 Å². The number of anilines is 1. The Bertz CT molecular complexity index is 1130. The van der Waals surface area contributed by atoms with Crippen molar-refractivity contribution in [3.63, 3.8) is 0 Å². The van der Waals surface area contributed by atoms with Gasteiger partial charge in [-0.1, -0.05) is 6.07 Å². The van der Waals surface area contributed by atoms with Gasteiger partial charge in [0.2, 0.25) is 11.8 Å². The lowest BCUT2D eigenvalue weighted by Gasteiger charge is -2.32. The maximum atomic E-state index is 10.7. The van der Waals surface area contributed by atoms with E-state index >= 15 is 0 Å². The van der Waals surface area contributed by atoms with E-state index in [0.29, 0.717) is 29.6 Å². The first-order valence-electron chi connectivity index (χ1n) is 11.0. The zero-order valence-corrected chi connectivity index (χ0v) is 19.9. The zero-order chi connectivity index (χ0) is 23.4. The molecule has 1 aliphatic rings. The second-order valence-electron chi connectivity index (χ2n) is 8.50. The molecule has 0 bridgehead atoms. The number of rotatable bonds is 8. The molecule has 0 spiro atoms. The molecule has 2 heterocycles. The molecule has 2 aromatic heterocycles. The van der Waals surface area contributed by atoms with E-state index in [1.54, 1.807) is 13.2 Å². The molecule has 0 amide bonds. The summed E-state index contributed by atoms with van der Waals surface area (Å²) < 4.78 is 29.2. The molecule has 3 aromatic rings. The minimum absolute atomic E-state index is 0.102. The minimum Gasteiger partial charge on any atom is -0.760 e. The van der Waals surface area contributed by atoms with Crippen LogP contribution in [0.3, 0.4) is 0 Å². The number of nitrogens with one attached hydrogen (secondary N) is 2. The maximum Gasteiger partial charge on any atom is 0.223 e. The average molecular weight is 470 g/mol. The molecule has 33 heavy (non-hydrogen) atoms. The Morgan fingerprint density at radius 2 is 1.94 bits per heavy atom. The monoisotopic (exact) mass is 469 g/mol. The molecular formula is C23H29N6O3S-. The van der Waals surface area contributed by atoms with E-state index in [-0.39, 0.29) is 6.54 Å². The van der Waals surface area contributed by atoms with Crippen LogP contribution in [0.25, 0.3) is 22.0 Å². The summed E-state index contributed by atoms with van der Waals surface area (Å²) in [6.07, 6.45) is 6.43. The second-order valence-corrected chi connectivity index (χ2v) is 9.25. The van der Waals surface area contributed by atoms with E-state index in [4.69, 9.17) is 9.72 Å². The lowest BCUT2D eigenvalue weighted by atomic mass is 9.91. The van der Waals surface area contributed by atoms with Gasteiger partial charge in [-0.25, -0.2) is 19.7 Å². The van der Waals surface area contributed by atoms with Crippen LogP contribution in [-0.4, -0.2) is 61.9 Å². The maximum absolute atomic E-state index is 10.7. The number of nitrogens with zero attached hydrogens (tertiary/aromatic N) is 4. The van der Waals surface area contributed by atoms with Crippen molar-refractivity contribution >= 4 is 28.1 Å². The van der Waals surface area contributed by atoms with Gasteiger partial charge < -0.3 is 19.5 Å². The Balaban J connectivity index is 1.49. The van der Waals surface area contributed by atoms with Crippen LogP contribution in [0.4, 0.5) is 5.95 Å². The average Bonchev–Trinajstić information content (AvgIpc) is 2.82. The Morgan fingerprint density at radius 3 is 2.64 bits per heavy atom. The second kappa shape index (κ2) is 10.5. The first-order chi connectivity index (χ1) is 15.9. The van der Waals surface area contributed by atoms with Crippen LogP contribution in [-0.2, 0) is 17.8 Å². The van der Waals surface area contributed by atoms with Gasteiger partial charge in [0, 0.05) is 47.0 Å². The highest BCUT2D eigenvalue weighted by molar-refractivity contribution is 7.77. The van der Waals surface area contributed by atoms with Crippen LogP contribution in [0.5, 0.6) is 5.88 Å². The van der Waals surface area contributed by atoms with Crippen molar-refractivity contribution in [3.8, 4) is 17.0 Å². The highest BCUT2D eigenvalue weighted by Crippen LogP contribution is 2.31. The van der Waals surface area contributed by atoms with Gasteiger partial charge in [0.15, 0.2) is 0 Å². The smallest absolute Gasteiger partial charge is 0.223 e. The molecule has 4 rings (SSSR count). The molecule has 0 aliphatic heterocycles. The van der Waals surface area contributed by atoms with Crippen LogP contribution >= 0.6 is 0 Å². The number of ether oxygens (including phenoxy) is 1. The van der Waals surface area contributed by atoms with Crippen molar-refractivity contribution in [2.24, 2.45) is 0 Å². The molecule has 0 saturated heterocycles. The highest BCUT2D eigenvalue weighted by atomic mass is 32.2. The predicted molar refractivity (Wildman–Crippen MR) is 128 cm³/mol. The molecule has 1 atom stereocenters. The fraction of sp³-hybridized carbons (Fsp3) is 0.435. The van der Waals surface area contributed by atoms with Crippen molar-refractivity contribution in [2.75, 3.05) is 26.5 Å². The number of methoxy groups -OCH3 is 1. The summed E-state index contributed by atoms with van der Waals surface area (Å²) in [7, 11) is 5.84. The summed E-state index contributed by atoms with van der Waals surface area (Å²) in [4.78, 5) is 16.0. The summed E-state index contributed by atoms with van der Waals surface area (Å²) in [5.41, 5.74) is 3.17. The lowest BCUT2D eigenvalue weighted by molar-refractivity contribution is 0.221. The summed E-state index contributed by atoms with van der Waals surface area (Å²) in [5.74, 6) is 1.09. The van der Waals surface area contributed by atoms with Crippen LogP contribution in [0.15, 0.2) is 36.5 Å². The SMILES string of the molecule is COc1nc(CNS(=O)[O-])ccc1-c1ccc2nc(NC3CCC(N(C)C)CC3)ncc2c1. The first-order valence-corrected chi connectivity index (χ1v) is 12.1.